The molecule has 0 radical (unpaired) electrons. The highest BCUT2D eigenvalue weighted by Crippen LogP contribution is 2.29. The molecule has 0 spiro atoms. The van der Waals surface area contributed by atoms with Gasteiger partial charge in [0.15, 0.2) is 5.78 Å². The SMILES string of the molecule is CN1C(=O)Cc2cc(C(=O)C3CO3)ccc21. The Kier molecular flexibility index (Phi) is 1.88. The third-order valence-electron chi connectivity index (χ3n) is 3.07. The van der Waals surface area contributed by atoms with E-state index in [1.807, 2.05) is 6.07 Å². The van der Waals surface area contributed by atoms with Gasteiger partial charge < -0.3 is 9.64 Å². The van der Waals surface area contributed by atoms with E-state index >= 15 is 0 Å². The van der Waals surface area contributed by atoms with Crippen molar-refractivity contribution in [2.45, 2.75) is 12.5 Å². The smallest absolute Gasteiger partial charge is 0.231 e. The first-order valence-electron chi connectivity index (χ1n) is 5.22. The summed E-state index contributed by atoms with van der Waals surface area (Å²) in [5.41, 5.74) is 2.47. The second kappa shape index (κ2) is 3.15. The third-order valence-corrected chi connectivity index (χ3v) is 3.07. The Bertz CT molecular complexity index is 491. The number of anilines is 1. The number of ketones is 1. The summed E-state index contributed by atoms with van der Waals surface area (Å²) in [5, 5.41) is 0. The average molecular weight is 217 g/mol. The maximum Gasteiger partial charge on any atom is 0.231 e. The molecule has 0 saturated carbocycles. The first kappa shape index (κ1) is 9.54. The lowest BCUT2D eigenvalue weighted by molar-refractivity contribution is -0.117. The first-order valence-corrected chi connectivity index (χ1v) is 5.22. The summed E-state index contributed by atoms with van der Waals surface area (Å²) in [6.45, 7) is 0.523. The molecule has 1 aromatic rings. The molecular formula is C12H11NO3. The number of Topliss-reactive ketones (excluding diaryl/α,β-unsaturated/α-hetero) is 1. The molecule has 0 aliphatic carbocycles. The van der Waals surface area contributed by atoms with Gasteiger partial charge in [-0.15, -0.1) is 0 Å². The fourth-order valence-electron chi connectivity index (χ4n) is 2.01. The summed E-state index contributed by atoms with van der Waals surface area (Å²) >= 11 is 0. The molecule has 1 aromatic carbocycles. The van der Waals surface area contributed by atoms with E-state index in [-0.39, 0.29) is 17.8 Å². The Morgan fingerprint density at radius 3 is 2.94 bits per heavy atom. The molecule has 2 aliphatic heterocycles. The van der Waals surface area contributed by atoms with E-state index in [4.69, 9.17) is 4.74 Å². The van der Waals surface area contributed by atoms with Crippen LogP contribution in [-0.2, 0) is 16.0 Å². The third kappa shape index (κ3) is 1.34. The van der Waals surface area contributed by atoms with Crippen LogP contribution in [0.4, 0.5) is 5.69 Å². The molecule has 4 nitrogen and oxygen atoms in total. The van der Waals surface area contributed by atoms with Crippen molar-refractivity contribution in [1.29, 1.82) is 0 Å². The van der Waals surface area contributed by atoms with Gasteiger partial charge in [-0.1, -0.05) is 0 Å². The number of ether oxygens (including phenoxy) is 1. The predicted octanol–water partition coefficient (Wildman–Crippen LogP) is 0.787. The highest BCUT2D eigenvalue weighted by molar-refractivity contribution is 6.05. The van der Waals surface area contributed by atoms with Crippen LogP contribution in [0.3, 0.4) is 0 Å². The van der Waals surface area contributed by atoms with Crippen molar-refractivity contribution in [2.24, 2.45) is 0 Å². The molecule has 0 aromatic heterocycles. The number of epoxide rings is 1. The summed E-state index contributed by atoms with van der Waals surface area (Å²) in [6.07, 6.45) is 0.131. The van der Waals surface area contributed by atoms with Crippen molar-refractivity contribution < 1.29 is 14.3 Å². The van der Waals surface area contributed by atoms with Gasteiger partial charge in [0.05, 0.1) is 13.0 Å². The maximum atomic E-state index is 11.7. The molecule has 1 atom stereocenters. The van der Waals surface area contributed by atoms with Crippen LogP contribution in [0.5, 0.6) is 0 Å². The Hall–Kier alpha value is -1.68. The number of carbonyl (C=O) groups excluding carboxylic acids is 2. The Balaban J connectivity index is 1.97. The molecule has 2 heterocycles. The Morgan fingerprint density at radius 1 is 1.50 bits per heavy atom. The number of likely N-dealkylation sites (N-methyl/N-ethyl adjacent to an activating group) is 1. The van der Waals surface area contributed by atoms with Crippen LogP contribution in [0, 0.1) is 0 Å². The number of hydrogen-bond acceptors (Lipinski definition) is 3. The summed E-state index contributed by atoms with van der Waals surface area (Å²) in [4.78, 5) is 24.8. The summed E-state index contributed by atoms with van der Waals surface area (Å²) < 4.78 is 4.96. The lowest BCUT2D eigenvalue weighted by Crippen LogP contribution is -2.20. The Labute approximate surface area is 92.8 Å². The highest BCUT2D eigenvalue weighted by Gasteiger charge is 2.33. The van der Waals surface area contributed by atoms with Crippen LogP contribution < -0.4 is 4.90 Å². The number of rotatable bonds is 2. The molecule has 3 rings (SSSR count). The molecule has 1 saturated heterocycles. The molecule has 0 bridgehead atoms. The van der Waals surface area contributed by atoms with E-state index < -0.39 is 0 Å². The van der Waals surface area contributed by atoms with Crippen molar-refractivity contribution in [3.63, 3.8) is 0 Å². The minimum absolute atomic E-state index is 0.0183. The van der Waals surface area contributed by atoms with E-state index in [0.717, 1.165) is 11.3 Å². The summed E-state index contributed by atoms with van der Waals surface area (Å²) in [5.74, 6) is 0.0899. The van der Waals surface area contributed by atoms with Gasteiger partial charge in [0.25, 0.3) is 0 Å². The topological polar surface area (TPSA) is 49.9 Å². The average Bonchev–Trinajstić information content (AvgIpc) is 3.07. The van der Waals surface area contributed by atoms with Crippen molar-refractivity contribution in [3.8, 4) is 0 Å². The maximum absolute atomic E-state index is 11.7. The molecule has 0 N–H and O–H groups in total. The van der Waals surface area contributed by atoms with Crippen LogP contribution in [0.15, 0.2) is 18.2 Å². The normalized spacial score (nSPS) is 22.2. The predicted molar refractivity (Wildman–Crippen MR) is 57.6 cm³/mol. The molecule has 16 heavy (non-hydrogen) atoms. The molecule has 1 fully saturated rings. The highest BCUT2D eigenvalue weighted by atomic mass is 16.6. The lowest BCUT2D eigenvalue weighted by Gasteiger charge is -2.09. The van der Waals surface area contributed by atoms with Crippen LogP contribution in [-0.4, -0.2) is 31.4 Å². The van der Waals surface area contributed by atoms with E-state index in [1.54, 1.807) is 24.1 Å². The molecular weight excluding hydrogens is 206 g/mol. The van der Waals surface area contributed by atoms with E-state index in [0.29, 0.717) is 18.6 Å². The van der Waals surface area contributed by atoms with Gasteiger partial charge >= 0.3 is 0 Å². The zero-order valence-corrected chi connectivity index (χ0v) is 8.90. The van der Waals surface area contributed by atoms with Crippen LogP contribution in [0.2, 0.25) is 0 Å². The number of carbonyl (C=O) groups is 2. The van der Waals surface area contributed by atoms with Gasteiger partial charge in [-0.05, 0) is 23.8 Å². The monoisotopic (exact) mass is 217 g/mol. The van der Waals surface area contributed by atoms with E-state index in [1.165, 1.54) is 0 Å². The van der Waals surface area contributed by atoms with E-state index in [2.05, 4.69) is 0 Å². The lowest BCUT2D eigenvalue weighted by atomic mass is 10.0. The van der Waals surface area contributed by atoms with Gasteiger partial charge in [0, 0.05) is 18.3 Å². The molecule has 2 aliphatic rings. The minimum atomic E-state index is -0.257. The first-order chi connectivity index (χ1) is 7.66. The van der Waals surface area contributed by atoms with Gasteiger partial charge in [-0.2, -0.15) is 0 Å². The van der Waals surface area contributed by atoms with E-state index in [9.17, 15) is 9.59 Å². The molecule has 1 unspecified atom stereocenters. The van der Waals surface area contributed by atoms with Crippen LogP contribution in [0.1, 0.15) is 15.9 Å². The van der Waals surface area contributed by atoms with Crippen molar-refractivity contribution >= 4 is 17.4 Å². The van der Waals surface area contributed by atoms with Crippen molar-refractivity contribution in [1.82, 2.24) is 0 Å². The molecule has 4 heteroatoms. The number of amides is 1. The quantitative estimate of drug-likeness (QED) is 0.543. The Morgan fingerprint density at radius 2 is 2.25 bits per heavy atom. The summed E-state index contributed by atoms with van der Waals surface area (Å²) in [7, 11) is 1.75. The zero-order valence-electron chi connectivity index (χ0n) is 8.90. The number of fused-ring (bicyclic) bond motifs is 1. The fourth-order valence-corrected chi connectivity index (χ4v) is 2.01. The van der Waals surface area contributed by atoms with Crippen molar-refractivity contribution in [3.05, 3.63) is 29.3 Å². The van der Waals surface area contributed by atoms with Crippen LogP contribution in [0.25, 0.3) is 0 Å². The largest absolute Gasteiger partial charge is 0.364 e. The zero-order chi connectivity index (χ0) is 11.3. The van der Waals surface area contributed by atoms with Gasteiger partial charge in [0.2, 0.25) is 5.91 Å². The van der Waals surface area contributed by atoms with Gasteiger partial charge in [0.1, 0.15) is 6.10 Å². The molecule has 1 amide bonds. The van der Waals surface area contributed by atoms with Gasteiger partial charge in [-0.25, -0.2) is 0 Å². The number of nitrogens with zero attached hydrogens (tertiary/aromatic N) is 1. The molecule has 82 valence electrons. The van der Waals surface area contributed by atoms with Crippen molar-refractivity contribution in [2.75, 3.05) is 18.6 Å². The second-order valence-corrected chi connectivity index (χ2v) is 4.16. The number of benzene rings is 1. The standard InChI is InChI=1S/C12H11NO3/c1-13-9-3-2-7(12(15)10-6-16-10)4-8(9)5-11(13)14/h2-4,10H,5-6H2,1H3. The fraction of sp³-hybridized carbons (Fsp3) is 0.333. The van der Waals surface area contributed by atoms with Crippen LogP contribution >= 0.6 is 0 Å². The second-order valence-electron chi connectivity index (χ2n) is 4.16. The summed E-state index contributed by atoms with van der Waals surface area (Å²) in [6, 6.07) is 5.40. The van der Waals surface area contributed by atoms with Gasteiger partial charge in [-0.3, -0.25) is 9.59 Å². The minimum Gasteiger partial charge on any atom is -0.364 e. The number of hydrogen-bond donors (Lipinski definition) is 0.